The van der Waals surface area contributed by atoms with E-state index in [0.29, 0.717) is 63.2 Å². The van der Waals surface area contributed by atoms with Gasteiger partial charge in [0.2, 0.25) is 0 Å². The molecule has 0 radical (unpaired) electrons. The molecule has 9 nitrogen and oxygen atoms in total. The van der Waals surface area contributed by atoms with Crippen LogP contribution in [0.3, 0.4) is 0 Å². The summed E-state index contributed by atoms with van der Waals surface area (Å²) in [4.78, 5) is 27.4. The Bertz CT molecular complexity index is 1340. The molecule has 0 bridgehead atoms. The number of fused-ring (bicyclic) bond motifs is 1. The fourth-order valence-electron chi connectivity index (χ4n) is 4.92. The van der Waals surface area contributed by atoms with Gasteiger partial charge in [-0.05, 0) is 18.9 Å². The Morgan fingerprint density at radius 1 is 1.05 bits per heavy atom. The molecule has 0 saturated carbocycles. The molecule has 3 aromatic rings. The number of halogens is 2. The van der Waals surface area contributed by atoms with Crippen LogP contribution in [0.15, 0.2) is 30.6 Å². The van der Waals surface area contributed by atoms with Gasteiger partial charge >= 0.3 is 6.09 Å². The number of benzene rings is 1. The van der Waals surface area contributed by atoms with Crippen molar-refractivity contribution in [3.8, 4) is 0 Å². The SMILES string of the molecule is Cc1c(N2CCN(C(=O)OCC(C)C)CC2)nc2cc(F)cc(F)c2c1Nc1cncc(N2CCOCC2)c1. The summed E-state index contributed by atoms with van der Waals surface area (Å²) in [5, 5.41) is 3.57. The molecule has 0 unspecified atom stereocenters. The van der Waals surface area contributed by atoms with Crippen LogP contribution in [0.5, 0.6) is 0 Å². The first-order valence-electron chi connectivity index (χ1n) is 13.3. The van der Waals surface area contributed by atoms with Crippen molar-refractivity contribution in [2.75, 3.05) is 74.2 Å². The van der Waals surface area contributed by atoms with Crippen molar-refractivity contribution >= 4 is 39.9 Å². The maximum absolute atomic E-state index is 15.2. The number of hydrogen-bond acceptors (Lipinski definition) is 8. The Morgan fingerprint density at radius 3 is 2.51 bits per heavy atom. The summed E-state index contributed by atoms with van der Waals surface area (Å²) in [6, 6.07) is 4.08. The lowest BCUT2D eigenvalue weighted by Crippen LogP contribution is -2.49. The largest absolute Gasteiger partial charge is 0.449 e. The molecule has 4 heterocycles. The quantitative estimate of drug-likeness (QED) is 0.482. The number of ether oxygens (including phenoxy) is 2. The summed E-state index contributed by atoms with van der Waals surface area (Å²) >= 11 is 0. The maximum Gasteiger partial charge on any atom is 0.409 e. The molecule has 2 aromatic heterocycles. The monoisotopic (exact) mass is 540 g/mol. The Balaban J connectivity index is 1.44. The molecule has 39 heavy (non-hydrogen) atoms. The van der Waals surface area contributed by atoms with Gasteiger partial charge in [-0.15, -0.1) is 0 Å². The van der Waals surface area contributed by atoms with Crippen molar-refractivity contribution in [2.24, 2.45) is 5.92 Å². The first-order valence-corrected chi connectivity index (χ1v) is 13.3. The fraction of sp³-hybridized carbons (Fsp3) is 0.464. The molecule has 2 fully saturated rings. The van der Waals surface area contributed by atoms with Gasteiger partial charge in [0, 0.05) is 57.0 Å². The predicted molar refractivity (Wildman–Crippen MR) is 147 cm³/mol. The highest BCUT2D eigenvalue weighted by atomic mass is 19.1. The molecule has 1 amide bonds. The number of nitrogens with one attached hydrogen (secondary N) is 1. The Kier molecular flexibility index (Phi) is 7.97. The summed E-state index contributed by atoms with van der Waals surface area (Å²) in [5.41, 5.74) is 3.06. The van der Waals surface area contributed by atoms with Gasteiger partial charge in [0.1, 0.15) is 17.5 Å². The van der Waals surface area contributed by atoms with Crippen molar-refractivity contribution in [3.63, 3.8) is 0 Å². The third kappa shape index (κ3) is 5.98. The second-order valence-electron chi connectivity index (χ2n) is 10.3. The number of rotatable bonds is 6. The van der Waals surface area contributed by atoms with Crippen LogP contribution < -0.4 is 15.1 Å². The van der Waals surface area contributed by atoms with E-state index in [0.717, 1.165) is 30.4 Å². The molecule has 11 heteroatoms. The van der Waals surface area contributed by atoms with E-state index in [4.69, 9.17) is 9.47 Å². The maximum atomic E-state index is 15.2. The number of pyridine rings is 2. The second-order valence-corrected chi connectivity index (χ2v) is 10.3. The predicted octanol–water partition coefficient (Wildman–Crippen LogP) is 4.71. The molecule has 2 aliphatic heterocycles. The van der Waals surface area contributed by atoms with Gasteiger partial charge in [0.15, 0.2) is 0 Å². The van der Waals surface area contributed by atoms with E-state index in [-0.39, 0.29) is 22.9 Å². The van der Waals surface area contributed by atoms with Crippen molar-refractivity contribution < 1.29 is 23.0 Å². The van der Waals surface area contributed by atoms with Crippen LogP contribution in [0, 0.1) is 24.5 Å². The van der Waals surface area contributed by atoms with Gasteiger partial charge in [-0.2, -0.15) is 0 Å². The Labute approximate surface area is 226 Å². The number of amides is 1. The standard InChI is InChI=1S/C28H34F2N6O3/c1-18(2)17-39-28(37)36-6-4-35(5-7-36)27-19(3)26(25-23(30)12-20(29)13-24(25)33-27)32-21-14-22(16-31-15-21)34-8-10-38-11-9-34/h12-16,18H,4-11,17H2,1-3H3,(H,32,33). The molecule has 2 aliphatic rings. The van der Waals surface area contributed by atoms with Gasteiger partial charge in [0.25, 0.3) is 0 Å². The van der Waals surface area contributed by atoms with E-state index in [2.05, 4.69) is 20.2 Å². The van der Waals surface area contributed by atoms with Gasteiger partial charge in [-0.3, -0.25) is 4.98 Å². The van der Waals surface area contributed by atoms with E-state index in [1.807, 2.05) is 31.7 Å². The van der Waals surface area contributed by atoms with Crippen molar-refractivity contribution in [1.29, 1.82) is 0 Å². The van der Waals surface area contributed by atoms with Crippen LogP contribution in [0.2, 0.25) is 0 Å². The van der Waals surface area contributed by atoms with Crippen LogP contribution in [-0.2, 0) is 9.47 Å². The van der Waals surface area contributed by atoms with Gasteiger partial charge in [0.05, 0.1) is 60.2 Å². The summed E-state index contributed by atoms with van der Waals surface area (Å²) in [7, 11) is 0. The molecule has 208 valence electrons. The average Bonchev–Trinajstić information content (AvgIpc) is 2.93. The molecule has 0 spiro atoms. The highest BCUT2D eigenvalue weighted by Gasteiger charge is 2.26. The van der Waals surface area contributed by atoms with Crippen molar-refractivity contribution in [1.82, 2.24) is 14.9 Å². The Morgan fingerprint density at radius 2 is 1.79 bits per heavy atom. The third-order valence-corrected chi connectivity index (χ3v) is 6.97. The van der Waals surface area contributed by atoms with Crippen molar-refractivity contribution in [3.05, 3.63) is 47.8 Å². The van der Waals surface area contributed by atoms with E-state index >= 15 is 4.39 Å². The summed E-state index contributed by atoms with van der Waals surface area (Å²) in [6.45, 7) is 11.0. The molecular weight excluding hydrogens is 506 g/mol. The smallest absolute Gasteiger partial charge is 0.409 e. The van der Waals surface area contributed by atoms with Crippen LogP contribution in [-0.4, -0.2) is 80.1 Å². The number of carbonyl (C=O) groups is 1. The van der Waals surface area contributed by atoms with Crippen LogP contribution in [0.25, 0.3) is 10.9 Å². The lowest BCUT2D eigenvalue weighted by atomic mass is 10.1. The first-order chi connectivity index (χ1) is 18.8. The summed E-state index contributed by atoms with van der Waals surface area (Å²) in [6.07, 6.45) is 3.14. The highest BCUT2D eigenvalue weighted by Crippen LogP contribution is 2.37. The lowest BCUT2D eigenvalue weighted by molar-refractivity contribution is 0.0901. The molecule has 2 saturated heterocycles. The molecular formula is C28H34F2N6O3. The van der Waals surface area contributed by atoms with Gasteiger partial charge in [-0.1, -0.05) is 13.8 Å². The summed E-state index contributed by atoms with van der Waals surface area (Å²) in [5.74, 6) is -0.509. The molecule has 5 rings (SSSR count). The molecule has 1 N–H and O–H groups in total. The van der Waals surface area contributed by atoms with E-state index in [1.54, 1.807) is 17.3 Å². The minimum absolute atomic E-state index is 0.213. The van der Waals surface area contributed by atoms with Crippen LogP contribution in [0.4, 0.5) is 36.5 Å². The highest BCUT2D eigenvalue weighted by molar-refractivity contribution is 5.97. The molecule has 0 aliphatic carbocycles. The Hall–Kier alpha value is -3.73. The number of hydrogen-bond donors (Lipinski definition) is 1. The van der Waals surface area contributed by atoms with Crippen LogP contribution >= 0.6 is 0 Å². The average molecular weight is 541 g/mol. The number of aromatic nitrogens is 2. The van der Waals surface area contributed by atoms with E-state index in [1.165, 1.54) is 6.07 Å². The fourth-order valence-corrected chi connectivity index (χ4v) is 4.92. The van der Waals surface area contributed by atoms with Gasteiger partial charge in [-0.25, -0.2) is 18.6 Å². The minimum atomic E-state index is -0.693. The number of nitrogens with zero attached hydrogens (tertiary/aromatic N) is 5. The van der Waals surface area contributed by atoms with Crippen LogP contribution in [0.1, 0.15) is 19.4 Å². The van der Waals surface area contributed by atoms with E-state index < -0.39 is 11.6 Å². The molecule has 1 aromatic carbocycles. The van der Waals surface area contributed by atoms with Gasteiger partial charge < -0.3 is 29.5 Å². The summed E-state index contributed by atoms with van der Waals surface area (Å²) < 4.78 is 40.3. The third-order valence-electron chi connectivity index (χ3n) is 6.97. The zero-order valence-electron chi connectivity index (χ0n) is 22.5. The van der Waals surface area contributed by atoms with Crippen molar-refractivity contribution in [2.45, 2.75) is 20.8 Å². The zero-order chi connectivity index (χ0) is 27.5. The topological polar surface area (TPSA) is 83.1 Å². The minimum Gasteiger partial charge on any atom is -0.449 e. The lowest BCUT2D eigenvalue weighted by Gasteiger charge is -2.36. The van der Waals surface area contributed by atoms with E-state index in [9.17, 15) is 9.18 Å². The number of anilines is 4. The number of piperazine rings is 1. The zero-order valence-corrected chi connectivity index (χ0v) is 22.5. The normalized spacial score (nSPS) is 16.2. The molecule has 0 atom stereocenters. The number of carbonyl (C=O) groups excluding carboxylic acids is 1. The first kappa shape index (κ1) is 26.9. The number of morpholine rings is 1. The second kappa shape index (κ2) is 11.6.